The molecule has 3 aromatic rings. The van der Waals surface area contributed by atoms with Gasteiger partial charge < -0.3 is 77.7 Å². The first kappa shape index (κ1) is 73.4. The van der Waals surface area contributed by atoms with Crippen LogP contribution in [0.4, 0.5) is 28.0 Å². The van der Waals surface area contributed by atoms with Gasteiger partial charge >= 0.3 is 22.2 Å². The predicted molar refractivity (Wildman–Crippen MR) is 311 cm³/mol. The zero-order valence-electron chi connectivity index (χ0n) is 50.2. The zero-order chi connectivity index (χ0) is 64.2. The average Bonchev–Trinajstić information content (AvgIpc) is 2.46. The Balaban J connectivity index is 0.760. The number of halogens is 4. The van der Waals surface area contributed by atoms with Crippen LogP contribution in [0.5, 0.6) is 5.75 Å². The van der Waals surface area contributed by atoms with E-state index >= 15 is 0 Å². The Morgan fingerprint density at radius 2 is 1.15 bits per heavy atom. The Kier molecular flexibility index (Phi) is 33.9. The number of hydrogen-bond acceptors (Lipinski definition) is 22. The molecule has 1 fully saturated rings. The van der Waals surface area contributed by atoms with Gasteiger partial charge in [0.25, 0.3) is 0 Å². The highest BCUT2D eigenvalue weighted by Gasteiger charge is 2.34. The molecule has 1 saturated carbocycles. The van der Waals surface area contributed by atoms with Crippen molar-refractivity contribution in [2.24, 2.45) is 10.7 Å². The highest BCUT2D eigenvalue weighted by Crippen LogP contribution is 2.34. The fourth-order valence-electron chi connectivity index (χ4n) is 8.27. The molecule has 496 valence electrons. The second-order valence-electron chi connectivity index (χ2n) is 19.8. The van der Waals surface area contributed by atoms with Gasteiger partial charge in [-0.05, 0) is 49.8 Å². The van der Waals surface area contributed by atoms with Crippen molar-refractivity contribution in [1.29, 1.82) is 0 Å². The molecule has 0 atom stereocenters. The summed E-state index contributed by atoms with van der Waals surface area (Å²) in [6.07, 6.45) is 9.02. The molecule has 1 aliphatic heterocycles. The molecule has 0 unspecified atom stereocenters. The number of carbonyl (C=O) groups excluding carboxylic acids is 4. The summed E-state index contributed by atoms with van der Waals surface area (Å²) in [5.41, 5.74) is 9.78. The fourth-order valence-corrected chi connectivity index (χ4v) is 8.90. The van der Waals surface area contributed by atoms with Crippen LogP contribution in [-0.2, 0) is 83.2 Å². The predicted octanol–water partition coefficient (Wildman–Crippen LogP) is 5.14. The van der Waals surface area contributed by atoms with Gasteiger partial charge in [0.05, 0.1) is 157 Å². The van der Waals surface area contributed by atoms with Crippen LogP contribution in [0.2, 0.25) is 0 Å². The van der Waals surface area contributed by atoms with Crippen molar-refractivity contribution in [1.82, 2.24) is 25.1 Å². The number of nitrogens with zero attached hydrogens (tertiary/aromatic N) is 5. The molecule has 2 aliphatic rings. The Morgan fingerprint density at radius 1 is 0.663 bits per heavy atom. The number of aromatic nitrogens is 2. The van der Waals surface area contributed by atoms with Crippen molar-refractivity contribution >= 4 is 51.6 Å². The topological polar surface area (TPSA) is 316 Å². The van der Waals surface area contributed by atoms with Crippen LogP contribution in [-0.4, -0.2) is 227 Å². The number of fused-ring (bicyclic) bond motifs is 1. The molecule has 2 heterocycles. The van der Waals surface area contributed by atoms with E-state index in [0.717, 1.165) is 42.4 Å². The smallest absolute Gasteiger partial charge is 0.409 e. The Morgan fingerprint density at radius 3 is 1.61 bits per heavy atom. The Labute approximate surface area is 514 Å². The molecule has 0 bridgehead atoms. The number of benzene rings is 2. The van der Waals surface area contributed by atoms with Gasteiger partial charge in [-0.15, -0.1) is 0 Å². The minimum atomic E-state index is -5.65. The van der Waals surface area contributed by atoms with Gasteiger partial charge in [-0.3, -0.25) is 18.9 Å². The molecular formula is C58H81F4N7O19S. The third-order valence-electron chi connectivity index (χ3n) is 13.2. The number of aliphatic imine (C=N–C) groups is 1. The van der Waals surface area contributed by atoms with Crippen LogP contribution in [0.3, 0.4) is 0 Å². The monoisotopic (exact) mass is 1290 g/mol. The molecule has 0 radical (unpaired) electrons. The van der Waals surface area contributed by atoms with Crippen LogP contribution in [0, 0.1) is 23.3 Å². The third-order valence-corrected chi connectivity index (χ3v) is 14.0. The molecule has 0 spiro atoms. The summed E-state index contributed by atoms with van der Waals surface area (Å²) in [5, 5.41) is 2.81. The number of nitrogens with two attached hydrogens (primary N) is 1. The van der Waals surface area contributed by atoms with Crippen molar-refractivity contribution in [2.45, 2.75) is 75.8 Å². The standard InChI is InChI=1S/C58H81F4N7O19S/c1-3-12-69(13-5-14-87-58(73)68(2)45-6-4-7-45)57(72)43-35-42-9-8-41(36-46(42)67-47(63)37-43)44-38-64-48(65-39-44)40-66-49(70)10-15-77-17-19-79-21-23-81-25-27-83-29-31-85-33-34-86-32-30-84-28-26-82-24-22-80-20-18-78-16-11-50(71)88-55-51(59)53(61)56(89(74,75)76)54(62)52(55)60/h8-9,35-36,38-39,45H,3-7,10-34,37,40H2,1-2H3,(H2,63,67)(H,66,70)(H,74,75,76). The summed E-state index contributed by atoms with van der Waals surface area (Å²) >= 11 is 0. The van der Waals surface area contributed by atoms with Crippen molar-refractivity contribution in [3.63, 3.8) is 0 Å². The molecule has 3 amide bonds. The minimum absolute atomic E-state index is 0.0134. The summed E-state index contributed by atoms with van der Waals surface area (Å²) in [6.45, 7) is 8.97. The summed E-state index contributed by atoms with van der Waals surface area (Å²) in [5.74, 6) is -12.3. The molecule has 89 heavy (non-hydrogen) atoms. The maximum Gasteiger partial charge on any atom is 0.409 e. The van der Waals surface area contributed by atoms with Gasteiger partial charge in [0.1, 0.15) is 11.7 Å². The Bertz CT molecular complexity index is 2830. The van der Waals surface area contributed by atoms with E-state index in [1.165, 1.54) is 0 Å². The first-order valence-corrected chi connectivity index (χ1v) is 30.7. The number of amides is 3. The lowest BCUT2D eigenvalue weighted by Crippen LogP contribution is -2.42. The lowest BCUT2D eigenvalue weighted by molar-refractivity contribution is -0.136. The second kappa shape index (κ2) is 41.1. The quantitative estimate of drug-likeness (QED) is 0.0165. The molecule has 31 heteroatoms. The normalized spacial score (nSPS) is 13.2. The van der Waals surface area contributed by atoms with Crippen LogP contribution >= 0.6 is 0 Å². The van der Waals surface area contributed by atoms with Crippen LogP contribution in [0.25, 0.3) is 17.2 Å². The van der Waals surface area contributed by atoms with Crippen molar-refractivity contribution in [3.05, 3.63) is 70.8 Å². The molecule has 1 aromatic heterocycles. The molecular weight excluding hydrogens is 1210 g/mol. The number of esters is 1. The maximum atomic E-state index is 14.0. The van der Waals surface area contributed by atoms with Crippen LogP contribution in [0.1, 0.15) is 69.7 Å². The molecule has 2 aromatic carbocycles. The van der Waals surface area contributed by atoms with Gasteiger partial charge in [-0.1, -0.05) is 19.1 Å². The summed E-state index contributed by atoms with van der Waals surface area (Å²) in [6, 6.07) is 5.91. The second-order valence-corrected chi connectivity index (χ2v) is 21.2. The molecule has 1 aliphatic carbocycles. The number of rotatable bonds is 46. The number of ether oxygens (including phenoxy) is 12. The van der Waals surface area contributed by atoms with E-state index in [1.807, 2.05) is 31.2 Å². The highest BCUT2D eigenvalue weighted by atomic mass is 32.2. The van der Waals surface area contributed by atoms with Crippen molar-refractivity contribution in [2.75, 3.05) is 159 Å². The first-order chi connectivity index (χ1) is 43.0. The fraction of sp³-hybridized carbons (Fsp3) is 0.603. The zero-order valence-corrected chi connectivity index (χ0v) is 51.0. The van der Waals surface area contributed by atoms with E-state index in [9.17, 15) is 45.2 Å². The van der Waals surface area contributed by atoms with Gasteiger partial charge in [-0.2, -0.15) is 17.2 Å². The lowest BCUT2D eigenvalue weighted by atomic mass is 9.92. The van der Waals surface area contributed by atoms with E-state index in [1.54, 1.807) is 29.2 Å². The molecule has 0 saturated heterocycles. The summed E-state index contributed by atoms with van der Waals surface area (Å²) < 4.78 is 151. The lowest BCUT2D eigenvalue weighted by Gasteiger charge is -2.33. The highest BCUT2D eigenvalue weighted by molar-refractivity contribution is 7.85. The number of amidine groups is 1. The van der Waals surface area contributed by atoms with Crippen molar-refractivity contribution < 1.29 is 107 Å². The summed E-state index contributed by atoms with van der Waals surface area (Å²) in [7, 11) is -3.89. The number of nitrogens with one attached hydrogen (secondary N) is 1. The summed E-state index contributed by atoms with van der Waals surface area (Å²) in [4.78, 5) is 65.2. The molecule has 5 rings (SSSR count). The van der Waals surface area contributed by atoms with E-state index in [-0.39, 0.29) is 89.6 Å². The maximum absolute atomic E-state index is 14.0. The van der Waals surface area contributed by atoms with Gasteiger partial charge in [0.2, 0.25) is 29.2 Å². The molecule has 26 nitrogen and oxygen atoms in total. The molecule has 4 N–H and O–H groups in total. The minimum Gasteiger partial charge on any atom is -0.449 e. The SMILES string of the molecule is CCCN(CCCOC(=O)N(C)C1CCC1)C(=O)C1=Cc2ccc(-c3cnc(CNC(=O)CCOCCOCCOCCOCCOCCOCCOCCOCCOCCOCCC(=O)Oc4c(F)c(F)c(S(=O)(=O)O)c(F)c4F)nc3)cc2N=C(N)C1. The van der Waals surface area contributed by atoms with Crippen molar-refractivity contribution in [3.8, 4) is 16.9 Å². The van der Waals surface area contributed by atoms with E-state index < -0.39 is 56.4 Å². The van der Waals surface area contributed by atoms with Gasteiger partial charge in [0.15, 0.2) is 16.5 Å². The van der Waals surface area contributed by atoms with E-state index in [0.29, 0.717) is 135 Å². The van der Waals surface area contributed by atoms with E-state index in [4.69, 9.17) is 62.4 Å². The van der Waals surface area contributed by atoms with Gasteiger partial charge in [-0.25, -0.2) is 28.5 Å². The third kappa shape index (κ3) is 26.9. The van der Waals surface area contributed by atoms with E-state index in [2.05, 4.69) is 25.0 Å². The van der Waals surface area contributed by atoms with Crippen LogP contribution in [0.15, 0.2) is 46.1 Å². The average molecular weight is 1290 g/mol. The van der Waals surface area contributed by atoms with Gasteiger partial charge in [0, 0.05) is 68.1 Å². The largest absolute Gasteiger partial charge is 0.449 e. The number of carbonyl (C=O) groups is 4. The number of hydrogen-bond donors (Lipinski definition) is 3. The Hall–Kier alpha value is -6.36. The first-order valence-electron chi connectivity index (χ1n) is 29.2. The van der Waals surface area contributed by atoms with Crippen LogP contribution < -0.4 is 15.8 Å².